The topological polar surface area (TPSA) is 63.8 Å². The summed E-state index contributed by atoms with van der Waals surface area (Å²) in [5, 5.41) is 3.56. The highest BCUT2D eigenvalue weighted by Gasteiger charge is 2.09. The third kappa shape index (κ3) is 4.38. The first kappa shape index (κ1) is 14.0. The number of hydrogen-bond donors (Lipinski definition) is 2. The zero-order chi connectivity index (χ0) is 12.7. The lowest BCUT2D eigenvalue weighted by atomic mass is 9.99. The van der Waals surface area contributed by atoms with E-state index in [2.05, 4.69) is 29.1 Å². The SMILES string of the molecule is CCCCC(CC)CNc1ncnc(Cl)c1N. The van der Waals surface area contributed by atoms with Gasteiger partial charge in [0.1, 0.15) is 12.0 Å². The van der Waals surface area contributed by atoms with Gasteiger partial charge in [-0.2, -0.15) is 0 Å². The van der Waals surface area contributed by atoms with Crippen molar-refractivity contribution in [2.45, 2.75) is 39.5 Å². The minimum absolute atomic E-state index is 0.309. The summed E-state index contributed by atoms with van der Waals surface area (Å²) in [5.41, 5.74) is 6.22. The van der Waals surface area contributed by atoms with Gasteiger partial charge in [-0.25, -0.2) is 9.97 Å². The smallest absolute Gasteiger partial charge is 0.157 e. The summed E-state index contributed by atoms with van der Waals surface area (Å²) in [6.45, 7) is 5.30. The average molecular weight is 257 g/mol. The Balaban J connectivity index is 2.50. The molecule has 1 unspecified atom stereocenters. The van der Waals surface area contributed by atoms with E-state index in [0.717, 1.165) is 13.0 Å². The first-order chi connectivity index (χ1) is 8.19. The Morgan fingerprint density at radius 1 is 1.41 bits per heavy atom. The van der Waals surface area contributed by atoms with Crippen LogP contribution in [-0.4, -0.2) is 16.5 Å². The van der Waals surface area contributed by atoms with E-state index in [0.29, 0.717) is 22.6 Å². The molecule has 17 heavy (non-hydrogen) atoms. The number of anilines is 2. The summed E-state index contributed by atoms with van der Waals surface area (Å²) in [4.78, 5) is 7.92. The number of unbranched alkanes of at least 4 members (excludes halogenated alkanes) is 1. The molecular formula is C12H21ClN4. The van der Waals surface area contributed by atoms with Crippen LogP contribution >= 0.6 is 11.6 Å². The van der Waals surface area contributed by atoms with Crippen LogP contribution in [0.3, 0.4) is 0 Å². The Morgan fingerprint density at radius 2 is 2.18 bits per heavy atom. The molecule has 4 nitrogen and oxygen atoms in total. The first-order valence-electron chi connectivity index (χ1n) is 6.18. The van der Waals surface area contributed by atoms with Gasteiger partial charge in [0.2, 0.25) is 0 Å². The minimum Gasteiger partial charge on any atom is -0.393 e. The highest BCUT2D eigenvalue weighted by molar-refractivity contribution is 6.32. The lowest BCUT2D eigenvalue weighted by molar-refractivity contribution is 0.472. The molecule has 0 bridgehead atoms. The maximum Gasteiger partial charge on any atom is 0.157 e. The van der Waals surface area contributed by atoms with Crippen molar-refractivity contribution >= 4 is 23.1 Å². The second kappa shape index (κ2) is 7.33. The predicted octanol–water partition coefficient (Wildman–Crippen LogP) is 3.34. The van der Waals surface area contributed by atoms with Gasteiger partial charge in [0, 0.05) is 6.54 Å². The van der Waals surface area contributed by atoms with Crippen molar-refractivity contribution in [1.29, 1.82) is 0 Å². The van der Waals surface area contributed by atoms with Crippen LogP contribution in [0.15, 0.2) is 6.33 Å². The van der Waals surface area contributed by atoms with Gasteiger partial charge in [-0.3, -0.25) is 0 Å². The van der Waals surface area contributed by atoms with Gasteiger partial charge in [0.15, 0.2) is 11.0 Å². The Bertz CT molecular complexity index is 343. The molecule has 0 amide bonds. The van der Waals surface area contributed by atoms with Crippen molar-refractivity contribution in [2.24, 2.45) is 5.92 Å². The first-order valence-corrected chi connectivity index (χ1v) is 6.56. The molecule has 0 saturated heterocycles. The number of nitrogens with two attached hydrogens (primary N) is 1. The van der Waals surface area contributed by atoms with E-state index in [1.807, 2.05) is 0 Å². The molecule has 1 aromatic heterocycles. The summed E-state index contributed by atoms with van der Waals surface area (Å²) in [5.74, 6) is 1.29. The number of rotatable bonds is 7. The van der Waals surface area contributed by atoms with Crippen LogP contribution in [0.2, 0.25) is 5.15 Å². The van der Waals surface area contributed by atoms with Gasteiger partial charge < -0.3 is 11.1 Å². The number of halogens is 1. The lowest BCUT2D eigenvalue weighted by Gasteiger charge is -2.16. The van der Waals surface area contributed by atoms with Crippen molar-refractivity contribution in [3.63, 3.8) is 0 Å². The molecule has 1 heterocycles. The molecule has 0 aliphatic heterocycles. The third-order valence-corrected chi connectivity index (χ3v) is 3.24. The molecule has 1 aromatic rings. The van der Waals surface area contributed by atoms with Crippen molar-refractivity contribution in [2.75, 3.05) is 17.6 Å². The van der Waals surface area contributed by atoms with E-state index in [1.54, 1.807) is 0 Å². The summed E-state index contributed by atoms with van der Waals surface area (Å²) >= 11 is 5.83. The molecule has 5 heteroatoms. The molecule has 0 radical (unpaired) electrons. The molecule has 0 saturated carbocycles. The second-order valence-corrected chi connectivity index (χ2v) is 4.58. The Hall–Kier alpha value is -1.03. The highest BCUT2D eigenvalue weighted by atomic mass is 35.5. The van der Waals surface area contributed by atoms with E-state index in [4.69, 9.17) is 17.3 Å². The largest absolute Gasteiger partial charge is 0.393 e. The van der Waals surface area contributed by atoms with Crippen molar-refractivity contribution in [1.82, 2.24) is 9.97 Å². The monoisotopic (exact) mass is 256 g/mol. The summed E-state index contributed by atoms with van der Waals surface area (Å²) < 4.78 is 0. The van der Waals surface area contributed by atoms with Gasteiger partial charge in [-0.15, -0.1) is 0 Å². The Kier molecular flexibility index (Phi) is 6.05. The fraction of sp³-hybridized carbons (Fsp3) is 0.667. The average Bonchev–Trinajstić information content (AvgIpc) is 2.34. The maximum atomic E-state index is 5.83. The number of aromatic nitrogens is 2. The standard InChI is InChI=1S/C12H21ClN4/c1-3-5-6-9(4-2)7-15-12-10(14)11(13)16-8-17-12/h8-9H,3-7,14H2,1-2H3,(H,15,16,17). The van der Waals surface area contributed by atoms with Crippen LogP contribution < -0.4 is 11.1 Å². The van der Waals surface area contributed by atoms with Gasteiger partial charge in [-0.1, -0.05) is 44.7 Å². The molecule has 0 aliphatic carbocycles. The van der Waals surface area contributed by atoms with Gasteiger partial charge in [0.05, 0.1) is 0 Å². The van der Waals surface area contributed by atoms with E-state index < -0.39 is 0 Å². The maximum absolute atomic E-state index is 5.83. The van der Waals surface area contributed by atoms with Gasteiger partial charge >= 0.3 is 0 Å². The fourth-order valence-corrected chi connectivity index (χ4v) is 1.83. The zero-order valence-electron chi connectivity index (χ0n) is 10.5. The van der Waals surface area contributed by atoms with E-state index in [-0.39, 0.29) is 0 Å². The van der Waals surface area contributed by atoms with Crippen LogP contribution in [0, 0.1) is 5.92 Å². The third-order valence-electron chi connectivity index (χ3n) is 2.94. The number of nitrogens with one attached hydrogen (secondary N) is 1. The van der Waals surface area contributed by atoms with Crippen LogP contribution in [-0.2, 0) is 0 Å². The van der Waals surface area contributed by atoms with E-state index >= 15 is 0 Å². The number of nitrogen functional groups attached to an aromatic ring is 1. The molecule has 0 aromatic carbocycles. The number of nitrogens with zero attached hydrogens (tertiary/aromatic N) is 2. The Labute approximate surface area is 108 Å². The second-order valence-electron chi connectivity index (χ2n) is 4.22. The predicted molar refractivity (Wildman–Crippen MR) is 73.3 cm³/mol. The molecule has 3 N–H and O–H groups in total. The van der Waals surface area contributed by atoms with Crippen molar-refractivity contribution in [3.05, 3.63) is 11.5 Å². The van der Waals surface area contributed by atoms with E-state index in [9.17, 15) is 0 Å². The molecule has 0 aliphatic rings. The molecular weight excluding hydrogens is 236 g/mol. The van der Waals surface area contributed by atoms with Crippen LogP contribution in [0.1, 0.15) is 39.5 Å². The molecule has 1 atom stereocenters. The number of hydrogen-bond acceptors (Lipinski definition) is 4. The van der Waals surface area contributed by atoms with Crippen LogP contribution in [0.25, 0.3) is 0 Å². The van der Waals surface area contributed by atoms with Gasteiger partial charge in [0.25, 0.3) is 0 Å². The highest BCUT2D eigenvalue weighted by Crippen LogP contribution is 2.22. The van der Waals surface area contributed by atoms with Gasteiger partial charge in [-0.05, 0) is 12.3 Å². The molecule has 0 spiro atoms. The van der Waals surface area contributed by atoms with Crippen molar-refractivity contribution in [3.8, 4) is 0 Å². The van der Waals surface area contributed by atoms with Crippen LogP contribution in [0.5, 0.6) is 0 Å². The van der Waals surface area contributed by atoms with Crippen LogP contribution in [0.4, 0.5) is 11.5 Å². The normalized spacial score (nSPS) is 12.4. The molecule has 0 fully saturated rings. The Morgan fingerprint density at radius 3 is 2.82 bits per heavy atom. The fourth-order valence-electron chi connectivity index (χ4n) is 1.70. The quantitative estimate of drug-likeness (QED) is 0.735. The minimum atomic E-state index is 0.309. The molecule has 96 valence electrons. The molecule has 1 rings (SSSR count). The summed E-state index contributed by atoms with van der Waals surface area (Å²) in [6, 6.07) is 0. The zero-order valence-corrected chi connectivity index (χ0v) is 11.3. The lowest BCUT2D eigenvalue weighted by Crippen LogP contribution is -2.15. The van der Waals surface area contributed by atoms with Crippen molar-refractivity contribution < 1.29 is 0 Å². The van der Waals surface area contributed by atoms with E-state index in [1.165, 1.54) is 25.6 Å². The summed E-state index contributed by atoms with van der Waals surface area (Å²) in [6.07, 6.45) is 6.32. The summed E-state index contributed by atoms with van der Waals surface area (Å²) in [7, 11) is 0.